The molecule has 10 rings (SSSR count). The van der Waals surface area contributed by atoms with E-state index in [1.807, 2.05) is 13.0 Å². The molecule has 3 N–H and O–H groups in total. The number of H-pyrrole nitrogens is 1. The van der Waals surface area contributed by atoms with Crippen LogP contribution in [0, 0.1) is 34.8 Å². The second-order valence-corrected chi connectivity index (χ2v) is 23.7. The molecule has 4 saturated carbocycles. The summed E-state index contributed by atoms with van der Waals surface area (Å²) in [5.41, 5.74) is 12.9. The van der Waals surface area contributed by atoms with Crippen LogP contribution in [0.25, 0.3) is 17.0 Å². The van der Waals surface area contributed by atoms with Crippen molar-refractivity contribution < 1.29 is 18.3 Å². The highest BCUT2D eigenvalue weighted by Crippen LogP contribution is 2.60. The first kappa shape index (κ1) is 50.3. The van der Waals surface area contributed by atoms with E-state index in [1.54, 1.807) is 26.4 Å². The van der Waals surface area contributed by atoms with E-state index in [9.17, 15) is 0 Å². The second kappa shape index (κ2) is 20.6. The summed E-state index contributed by atoms with van der Waals surface area (Å²) in [6.07, 6.45) is 19.3. The maximum atomic E-state index is 16.8. The standard InChI is InChI=1S/C64H82F2N4O2/c1-11-59(72-10)69-63(38(4)5)40(7)70-29-13-16-58(70)48-30-43-17-18-44(31-46(43)33-48)51-20-21-52(60(51)49-34-54(65)61(55(66)35-49)42-23-25-64(26-24-42)27-28-64)45-19-22-56-47(32-45)36-57(68-56)53-15-12-14-50(53)39(6)62(37(2)3)67-41(8)71-9/h11,17-19,22,31-38,42,50-53,58,60,62-63,67-69H,6-8,12-16,20-21,23-30H2,1-5,9-10H3/b59-11+/t50?,51-,52-,53-,58+,60?,62+,63+/m1/s1. The predicted octanol–water partition coefficient (Wildman–Crippen LogP) is 15.5. The summed E-state index contributed by atoms with van der Waals surface area (Å²) in [5.74, 6) is 2.03. The van der Waals surface area contributed by atoms with Crippen LogP contribution < -0.4 is 10.6 Å². The quantitative estimate of drug-likeness (QED) is 0.0685. The molecule has 2 unspecified atom stereocenters. The van der Waals surface area contributed by atoms with Gasteiger partial charge in [0.1, 0.15) is 11.6 Å². The van der Waals surface area contributed by atoms with Gasteiger partial charge in [-0.25, -0.2) is 8.78 Å². The number of rotatable bonds is 18. The van der Waals surface area contributed by atoms with E-state index in [2.05, 4.69) is 103 Å². The van der Waals surface area contributed by atoms with Crippen molar-refractivity contribution >= 4 is 17.0 Å². The van der Waals surface area contributed by atoms with Gasteiger partial charge < -0.3 is 30.0 Å². The van der Waals surface area contributed by atoms with Crippen molar-refractivity contribution in [1.29, 1.82) is 0 Å². The number of likely N-dealkylation sites (tertiary alicyclic amines) is 1. The minimum Gasteiger partial charge on any atom is -0.483 e. The van der Waals surface area contributed by atoms with Gasteiger partial charge in [-0.2, -0.15) is 0 Å². The molecule has 6 aliphatic rings. The molecule has 384 valence electrons. The minimum absolute atomic E-state index is 0.0474. The van der Waals surface area contributed by atoms with Crippen LogP contribution in [0.15, 0.2) is 109 Å². The Morgan fingerprint density at radius 2 is 1.44 bits per heavy atom. The first-order chi connectivity index (χ1) is 34.7. The van der Waals surface area contributed by atoms with E-state index in [0.29, 0.717) is 40.5 Å². The number of hydrogen-bond donors (Lipinski definition) is 3. The van der Waals surface area contributed by atoms with Crippen molar-refractivity contribution in [3.05, 3.63) is 160 Å². The highest BCUT2D eigenvalue weighted by Gasteiger charge is 2.46. The Morgan fingerprint density at radius 1 is 0.750 bits per heavy atom. The number of ether oxygens (including phenoxy) is 2. The fourth-order valence-electron chi connectivity index (χ4n) is 14.7. The van der Waals surface area contributed by atoms with Gasteiger partial charge in [0.15, 0.2) is 11.8 Å². The van der Waals surface area contributed by atoms with Crippen LogP contribution in [0.4, 0.5) is 8.78 Å². The average molecular weight is 977 g/mol. The third-order valence-corrected chi connectivity index (χ3v) is 18.9. The number of benzene rings is 3. The van der Waals surface area contributed by atoms with E-state index in [4.69, 9.17) is 22.6 Å². The van der Waals surface area contributed by atoms with E-state index in [0.717, 1.165) is 106 Å². The molecule has 8 heteroatoms. The molecule has 1 aliphatic heterocycles. The fourth-order valence-corrected chi connectivity index (χ4v) is 14.7. The fraction of sp³-hybridized carbons (Fsp3) is 0.531. The van der Waals surface area contributed by atoms with E-state index < -0.39 is 0 Å². The smallest absolute Gasteiger partial charge is 0.182 e. The summed E-state index contributed by atoms with van der Waals surface area (Å²) in [5, 5.41) is 8.32. The SMILES string of the molecule is C=C(N[C@H](C(=C)C1CCC[C@H]1c1cc2cc([C@H]3CC[C@H](c4ccc5c(c4)C=C([C@@H]4CCCN4C(=C)[C@@H](N/C(=C\C)OC)C(C)C)C5)C3c3cc(F)c(C4CCC5(CC4)CC5)c(F)c3)ccc2[nH]1)C(C)C)OC. The zero-order valence-electron chi connectivity index (χ0n) is 44.4. The van der Waals surface area contributed by atoms with Crippen LogP contribution in [0.5, 0.6) is 0 Å². The topological polar surface area (TPSA) is 61.5 Å². The Balaban J connectivity index is 0.955. The predicted molar refractivity (Wildman–Crippen MR) is 292 cm³/mol. The second-order valence-electron chi connectivity index (χ2n) is 23.7. The molecule has 1 aromatic heterocycles. The maximum Gasteiger partial charge on any atom is 0.182 e. The summed E-state index contributed by atoms with van der Waals surface area (Å²) >= 11 is 0. The lowest BCUT2D eigenvalue weighted by molar-refractivity contribution is 0.225. The van der Waals surface area contributed by atoms with Gasteiger partial charge in [0.05, 0.1) is 32.3 Å². The van der Waals surface area contributed by atoms with Crippen molar-refractivity contribution in [2.45, 2.75) is 172 Å². The zero-order valence-corrected chi connectivity index (χ0v) is 44.4. The molecule has 0 bridgehead atoms. The number of nitrogens with one attached hydrogen (secondary N) is 3. The number of aromatic nitrogens is 1. The van der Waals surface area contributed by atoms with Crippen LogP contribution in [-0.4, -0.2) is 48.8 Å². The van der Waals surface area contributed by atoms with E-state index >= 15 is 8.78 Å². The van der Waals surface area contributed by atoms with Gasteiger partial charge in [-0.1, -0.05) is 83.2 Å². The van der Waals surface area contributed by atoms with Gasteiger partial charge in [0.2, 0.25) is 0 Å². The summed E-state index contributed by atoms with van der Waals surface area (Å²) in [6, 6.07) is 20.3. The lowest BCUT2D eigenvalue weighted by Crippen LogP contribution is -2.43. The number of fused-ring (bicyclic) bond motifs is 2. The molecule has 72 heavy (non-hydrogen) atoms. The van der Waals surface area contributed by atoms with Crippen molar-refractivity contribution in [3.63, 3.8) is 0 Å². The number of allylic oxidation sites excluding steroid dienone is 1. The largest absolute Gasteiger partial charge is 0.483 e. The third kappa shape index (κ3) is 9.70. The summed E-state index contributed by atoms with van der Waals surface area (Å²) in [4.78, 5) is 6.39. The van der Waals surface area contributed by atoms with Crippen molar-refractivity contribution in [2.24, 2.45) is 23.2 Å². The first-order valence-electron chi connectivity index (χ1n) is 27.7. The van der Waals surface area contributed by atoms with E-state index in [-0.39, 0.29) is 53.4 Å². The number of aromatic amines is 1. The summed E-state index contributed by atoms with van der Waals surface area (Å²) in [6.45, 7) is 25.4. The number of halogens is 2. The molecule has 5 fully saturated rings. The van der Waals surface area contributed by atoms with Crippen LogP contribution in [-0.2, 0) is 15.9 Å². The molecule has 8 atom stereocenters. The van der Waals surface area contributed by atoms with Crippen LogP contribution in [0.2, 0.25) is 0 Å². The van der Waals surface area contributed by atoms with Crippen LogP contribution in [0.3, 0.4) is 0 Å². The van der Waals surface area contributed by atoms with E-state index in [1.165, 1.54) is 57.3 Å². The Bertz CT molecular complexity index is 2720. The Labute approximate surface area is 429 Å². The van der Waals surface area contributed by atoms with Gasteiger partial charge in [0.25, 0.3) is 0 Å². The molecule has 5 aliphatic carbocycles. The lowest BCUT2D eigenvalue weighted by atomic mass is 9.74. The van der Waals surface area contributed by atoms with Gasteiger partial charge in [0, 0.05) is 34.9 Å². The molecule has 0 amide bonds. The first-order valence-corrected chi connectivity index (χ1v) is 27.7. The molecule has 6 nitrogen and oxygen atoms in total. The van der Waals surface area contributed by atoms with Crippen molar-refractivity contribution in [2.75, 3.05) is 20.8 Å². The highest BCUT2D eigenvalue weighted by atomic mass is 19.1. The van der Waals surface area contributed by atoms with Gasteiger partial charge >= 0.3 is 0 Å². The zero-order chi connectivity index (χ0) is 50.6. The molecular formula is C64H82F2N4O2. The third-order valence-electron chi connectivity index (χ3n) is 18.9. The molecule has 2 heterocycles. The Kier molecular flexibility index (Phi) is 14.4. The molecule has 0 radical (unpaired) electrons. The Morgan fingerprint density at radius 3 is 2.10 bits per heavy atom. The summed E-state index contributed by atoms with van der Waals surface area (Å²) < 4.78 is 44.7. The molecular weight excluding hydrogens is 895 g/mol. The Hall–Kier alpha value is -5.24. The minimum atomic E-state index is -0.352. The molecule has 3 aromatic carbocycles. The van der Waals surface area contributed by atoms with Crippen LogP contribution in [0.1, 0.15) is 187 Å². The monoisotopic (exact) mass is 977 g/mol. The van der Waals surface area contributed by atoms with Gasteiger partial charge in [-0.3, -0.25) is 0 Å². The number of hydrogen-bond acceptors (Lipinski definition) is 5. The number of methoxy groups -OCH3 is 2. The molecule has 1 spiro atoms. The average Bonchev–Trinajstić information content (AvgIpc) is 4.05. The van der Waals surface area contributed by atoms with Crippen molar-refractivity contribution in [3.8, 4) is 0 Å². The van der Waals surface area contributed by atoms with Crippen molar-refractivity contribution in [1.82, 2.24) is 20.5 Å². The highest BCUT2D eigenvalue weighted by molar-refractivity contribution is 5.81. The number of nitrogens with zero attached hydrogens (tertiary/aromatic N) is 1. The lowest BCUT2D eigenvalue weighted by Gasteiger charge is -2.36. The summed E-state index contributed by atoms with van der Waals surface area (Å²) in [7, 11) is 3.36. The van der Waals surface area contributed by atoms with Gasteiger partial charge in [-0.15, -0.1) is 0 Å². The molecule has 1 saturated heterocycles. The maximum absolute atomic E-state index is 16.8. The van der Waals surface area contributed by atoms with Crippen LogP contribution >= 0.6 is 0 Å². The normalized spacial score (nSPS) is 25.8. The molecule has 4 aromatic rings. The van der Waals surface area contributed by atoms with Gasteiger partial charge in [-0.05, 0) is 219 Å².